The second kappa shape index (κ2) is 10.5. The van der Waals surface area contributed by atoms with E-state index < -0.39 is 0 Å². The number of nitrogens with zero attached hydrogens (tertiary/aromatic N) is 2. The van der Waals surface area contributed by atoms with Crippen LogP contribution in [-0.2, 0) is 16.2 Å². The number of nitriles is 1. The first-order chi connectivity index (χ1) is 16.2. The van der Waals surface area contributed by atoms with Crippen molar-refractivity contribution in [3.05, 3.63) is 95.1 Å². The molecule has 0 N–H and O–H groups in total. The molecule has 0 spiro atoms. The Morgan fingerprint density at radius 1 is 1.00 bits per heavy atom. The van der Waals surface area contributed by atoms with E-state index in [1.54, 1.807) is 12.1 Å². The van der Waals surface area contributed by atoms with Gasteiger partial charge < -0.3 is 19.1 Å². The van der Waals surface area contributed by atoms with Crippen molar-refractivity contribution in [3.63, 3.8) is 0 Å². The zero-order valence-electron chi connectivity index (χ0n) is 18.3. The second-order valence-electron chi connectivity index (χ2n) is 7.84. The van der Waals surface area contributed by atoms with E-state index in [-0.39, 0.29) is 12.5 Å². The average molecular weight is 440 g/mol. The van der Waals surface area contributed by atoms with Crippen LogP contribution >= 0.6 is 0 Å². The lowest BCUT2D eigenvalue weighted by molar-refractivity contribution is -0.108. The highest BCUT2D eigenvalue weighted by molar-refractivity contribution is 6.01. The number of oxime groups is 1. The maximum Gasteiger partial charge on any atom is 0.134 e. The van der Waals surface area contributed by atoms with E-state index in [2.05, 4.69) is 11.2 Å². The molecule has 1 aliphatic rings. The lowest BCUT2D eigenvalue weighted by Crippen LogP contribution is -2.13. The standard InChI is InChI=1S/C27H24N2O4/c1-31-29-27(22-6-2-19(15-28)3-7-22)18-33-24-10-4-20(5-11-24)17-32-25-12-8-21(9-13-25)26-14-23(26)16-30/h2-13,16,23,26H,14,17-18H2,1H3/b29-27+. The summed E-state index contributed by atoms with van der Waals surface area (Å²) in [6.45, 7) is 0.676. The molecule has 3 aromatic rings. The van der Waals surface area contributed by atoms with Crippen LogP contribution in [0.4, 0.5) is 0 Å². The Bertz CT molecular complexity index is 1150. The first-order valence-electron chi connectivity index (χ1n) is 10.7. The molecule has 2 unspecified atom stereocenters. The van der Waals surface area contributed by atoms with E-state index in [0.29, 0.717) is 29.5 Å². The van der Waals surface area contributed by atoms with Gasteiger partial charge in [-0.1, -0.05) is 41.6 Å². The Morgan fingerprint density at radius 2 is 1.67 bits per heavy atom. The maximum atomic E-state index is 10.8. The highest BCUT2D eigenvalue weighted by Gasteiger charge is 2.37. The number of ether oxygens (including phenoxy) is 2. The van der Waals surface area contributed by atoms with Crippen molar-refractivity contribution in [2.45, 2.75) is 18.9 Å². The molecule has 6 heteroatoms. The molecule has 0 radical (unpaired) electrons. The van der Waals surface area contributed by atoms with Crippen molar-refractivity contribution >= 4 is 12.0 Å². The van der Waals surface area contributed by atoms with Gasteiger partial charge in [-0.2, -0.15) is 5.26 Å². The van der Waals surface area contributed by atoms with Gasteiger partial charge in [-0.15, -0.1) is 0 Å². The summed E-state index contributed by atoms with van der Waals surface area (Å²) in [7, 11) is 1.49. The molecule has 0 aliphatic heterocycles. The number of rotatable bonds is 10. The molecule has 33 heavy (non-hydrogen) atoms. The molecule has 0 amide bonds. The van der Waals surface area contributed by atoms with Gasteiger partial charge in [0.15, 0.2) is 0 Å². The topological polar surface area (TPSA) is 80.9 Å². The van der Waals surface area contributed by atoms with Gasteiger partial charge in [-0.25, -0.2) is 0 Å². The van der Waals surface area contributed by atoms with Gasteiger partial charge in [-0.05, 0) is 59.9 Å². The van der Waals surface area contributed by atoms with Crippen molar-refractivity contribution in [2.24, 2.45) is 11.1 Å². The molecule has 0 bridgehead atoms. The summed E-state index contributed by atoms with van der Waals surface area (Å²) in [5.41, 5.74) is 4.25. The predicted molar refractivity (Wildman–Crippen MR) is 124 cm³/mol. The van der Waals surface area contributed by atoms with Crippen molar-refractivity contribution in [1.82, 2.24) is 0 Å². The van der Waals surface area contributed by atoms with Crippen LogP contribution in [0.2, 0.25) is 0 Å². The third-order valence-corrected chi connectivity index (χ3v) is 5.58. The van der Waals surface area contributed by atoms with Crippen LogP contribution in [0.5, 0.6) is 11.5 Å². The van der Waals surface area contributed by atoms with Crippen molar-refractivity contribution in [1.29, 1.82) is 5.26 Å². The molecule has 166 valence electrons. The number of hydrogen-bond acceptors (Lipinski definition) is 6. The van der Waals surface area contributed by atoms with Gasteiger partial charge in [0.1, 0.15) is 43.8 Å². The fourth-order valence-electron chi connectivity index (χ4n) is 3.57. The molecule has 0 heterocycles. The van der Waals surface area contributed by atoms with Gasteiger partial charge in [0.2, 0.25) is 0 Å². The highest BCUT2D eigenvalue weighted by atomic mass is 16.6. The van der Waals surface area contributed by atoms with Gasteiger partial charge in [0.05, 0.1) is 11.6 Å². The summed E-state index contributed by atoms with van der Waals surface area (Å²) >= 11 is 0. The van der Waals surface area contributed by atoms with Crippen LogP contribution < -0.4 is 9.47 Å². The SMILES string of the molecule is CO/N=C(\COc1ccc(COc2ccc(C3CC3C=O)cc2)cc1)c1ccc(C#N)cc1. The van der Waals surface area contributed by atoms with Gasteiger partial charge in [0, 0.05) is 11.5 Å². The van der Waals surface area contributed by atoms with Crippen molar-refractivity contribution in [2.75, 3.05) is 13.7 Å². The van der Waals surface area contributed by atoms with Gasteiger partial charge in [0.25, 0.3) is 0 Å². The molecular formula is C27H24N2O4. The minimum absolute atomic E-state index is 0.179. The number of aldehydes is 1. The fraction of sp³-hybridized carbons (Fsp3) is 0.222. The molecule has 1 saturated carbocycles. The second-order valence-corrected chi connectivity index (χ2v) is 7.84. The van der Waals surface area contributed by atoms with Gasteiger partial charge in [-0.3, -0.25) is 0 Å². The fourth-order valence-corrected chi connectivity index (χ4v) is 3.57. The molecule has 0 aromatic heterocycles. The lowest BCUT2D eigenvalue weighted by Gasteiger charge is -2.10. The third-order valence-electron chi connectivity index (χ3n) is 5.58. The number of carbonyl (C=O) groups is 1. The minimum atomic E-state index is 0.179. The van der Waals surface area contributed by atoms with Crippen molar-refractivity contribution in [3.8, 4) is 17.6 Å². The monoisotopic (exact) mass is 440 g/mol. The average Bonchev–Trinajstić information content (AvgIpc) is 3.66. The summed E-state index contributed by atoms with van der Waals surface area (Å²) in [4.78, 5) is 15.8. The van der Waals surface area contributed by atoms with E-state index in [0.717, 1.165) is 29.6 Å². The largest absolute Gasteiger partial charge is 0.489 e. The van der Waals surface area contributed by atoms with E-state index in [1.165, 1.54) is 12.7 Å². The number of carbonyl (C=O) groups excluding carboxylic acids is 1. The Kier molecular flexibility index (Phi) is 7.01. The van der Waals surface area contributed by atoms with Crippen molar-refractivity contribution < 1.29 is 19.1 Å². The predicted octanol–water partition coefficient (Wildman–Crippen LogP) is 4.87. The van der Waals surface area contributed by atoms with E-state index in [1.807, 2.05) is 60.7 Å². The first-order valence-corrected chi connectivity index (χ1v) is 10.7. The van der Waals surface area contributed by atoms with Crippen LogP contribution in [0.1, 0.15) is 34.6 Å². The summed E-state index contributed by atoms with van der Waals surface area (Å²) in [5.74, 6) is 2.05. The normalized spacial score (nSPS) is 17.0. The van der Waals surface area contributed by atoms with Crippen LogP contribution in [-0.4, -0.2) is 25.7 Å². The van der Waals surface area contributed by atoms with Gasteiger partial charge >= 0.3 is 0 Å². The molecule has 2 atom stereocenters. The molecular weight excluding hydrogens is 416 g/mol. The molecule has 1 fully saturated rings. The molecule has 6 nitrogen and oxygen atoms in total. The van der Waals surface area contributed by atoms with Crippen LogP contribution in [0.15, 0.2) is 78.0 Å². The summed E-state index contributed by atoms with van der Waals surface area (Å²) in [5, 5.41) is 13.0. The highest BCUT2D eigenvalue weighted by Crippen LogP contribution is 2.46. The zero-order chi connectivity index (χ0) is 23.0. The Labute approximate surface area is 193 Å². The van der Waals surface area contributed by atoms with Crippen LogP contribution in [0.25, 0.3) is 0 Å². The first kappa shape index (κ1) is 22.1. The van der Waals surface area contributed by atoms with E-state index >= 15 is 0 Å². The van der Waals surface area contributed by atoms with E-state index in [9.17, 15) is 4.79 Å². The number of hydrogen-bond donors (Lipinski definition) is 0. The molecule has 3 aromatic carbocycles. The van der Waals surface area contributed by atoms with Crippen LogP contribution in [0.3, 0.4) is 0 Å². The minimum Gasteiger partial charge on any atom is -0.489 e. The lowest BCUT2D eigenvalue weighted by atomic mass is 10.1. The molecule has 0 saturated heterocycles. The summed E-state index contributed by atoms with van der Waals surface area (Å²) in [6, 6.07) is 24.9. The number of benzene rings is 3. The smallest absolute Gasteiger partial charge is 0.134 e. The zero-order valence-corrected chi connectivity index (χ0v) is 18.3. The quantitative estimate of drug-likeness (QED) is 0.255. The van der Waals surface area contributed by atoms with Crippen LogP contribution in [0, 0.1) is 17.2 Å². The third kappa shape index (κ3) is 5.78. The molecule has 1 aliphatic carbocycles. The Balaban J connectivity index is 1.29. The Morgan fingerprint density at radius 3 is 2.27 bits per heavy atom. The molecule has 4 rings (SSSR count). The summed E-state index contributed by atoms with van der Waals surface area (Å²) in [6.07, 6.45) is 1.99. The Hall–Kier alpha value is -4.11. The summed E-state index contributed by atoms with van der Waals surface area (Å²) < 4.78 is 11.7. The maximum absolute atomic E-state index is 10.8. The van der Waals surface area contributed by atoms with E-state index in [4.69, 9.17) is 19.6 Å².